The van der Waals surface area contributed by atoms with Crippen molar-refractivity contribution in [2.75, 3.05) is 26.3 Å². The number of morpholine rings is 1. The Kier molecular flexibility index (Phi) is 3.93. The zero-order valence-corrected chi connectivity index (χ0v) is 11.4. The molecular formula is C11H16N2O5S. The molecule has 0 unspecified atom stereocenters. The first kappa shape index (κ1) is 14.0. The lowest BCUT2D eigenvalue weighted by molar-refractivity contribution is 0.0685. The lowest BCUT2D eigenvalue weighted by Crippen LogP contribution is -2.40. The number of rotatable bonds is 4. The Morgan fingerprint density at radius 3 is 2.53 bits per heavy atom. The Bertz CT molecular complexity index is 572. The maximum absolute atomic E-state index is 12.4. The van der Waals surface area contributed by atoms with E-state index in [4.69, 9.17) is 9.84 Å². The van der Waals surface area contributed by atoms with Crippen LogP contribution in [0.15, 0.2) is 17.2 Å². The minimum absolute atomic E-state index is 0.0191. The number of ether oxygens (including phenoxy) is 1. The second-order valence-corrected chi connectivity index (χ2v) is 6.11. The standard InChI is InChI=1S/C11H16N2O5S/c1-2-12-8-9(7-10(12)11(14)15)19(16,17)13-3-5-18-6-4-13/h7-8H,2-6H2,1H3,(H,14,15). The molecule has 0 bridgehead atoms. The average Bonchev–Trinajstić information content (AvgIpc) is 2.84. The highest BCUT2D eigenvalue weighted by Gasteiger charge is 2.28. The summed E-state index contributed by atoms with van der Waals surface area (Å²) < 4.78 is 32.6. The second-order valence-electron chi connectivity index (χ2n) is 4.17. The van der Waals surface area contributed by atoms with Crippen molar-refractivity contribution in [1.29, 1.82) is 0 Å². The second kappa shape index (κ2) is 5.32. The van der Waals surface area contributed by atoms with E-state index in [-0.39, 0.29) is 10.6 Å². The molecule has 0 atom stereocenters. The molecule has 1 aromatic heterocycles. The van der Waals surface area contributed by atoms with Gasteiger partial charge in [-0.1, -0.05) is 0 Å². The summed E-state index contributed by atoms with van der Waals surface area (Å²) in [6.45, 7) is 3.47. The van der Waals surface area contributed by atoms with Crippen LogP contribution in [0.4, 0.5) is 0 Å². The molecule has 7 nitrogen and oxygen atoms in total. The minimum atomic E-state index is -3.64. The van der Waals surface area contributed by atoms with Crippen LogP contribution in [-0.2, 0) is 21.3 Å². The third-order valence-electron chi connectivity index (χ3n) is 3.04. The van der Waals surface area contributed by atoms with Crippen LogP contribution in [0.25, 0.3) is 0 Å². The van der Waals surface area contributed by atoms with E-state index >= 15 is 0 Å². The van der Waals surface area contributed by atoms with Gasteiger partial charge in [0.05, 0.1) is 13.2 Å². The summed E-state index contributed by atoms with van der Waals surface area (Å²) in [5.41, 5.74) is -0.0191. The number of aromatic nitrogens is 1. The number of carboxylic acid groups (broad SMARTS) is 1. The van der Waals surface area contributed by atoms with Crippen LogP contribution in [-0.4, -0.2) is 54.7 Å². The highest BCUT2D eigenvalue weighted by molar-refractivity contribution is 7.89. The van der Waals surface area contributed by atoms with Gasteiger partial charge < -0.3 is 14.4 Å². The number of carbonyl (C=O) groups is 1. The SMILES string of the molecule is CCn1cc(S(=O)(=O)N2CCOCC2)cc1C(=O)O. The van der Waals surface area contributed by atoms with E-state index in [0.29, 0.717) is 32.8 Å². The number of hydrogen-bond donors (Lipinski definition) is 1. The van der Waals surface area contributed by atoms with Crippen molar-refractivity contribution in [3.8, 4) is 0 Å². The van der Waals surface area contributed by atoms with Crippen LogP contribution >= 0.6 is 0 Å². The summed E-state index contributed by atoms with van der Waals surface area (Å²) in [7, 11) is -3.64. The van der Waals surface area contributed by atoms with Gasteiger partial charge in [-0.3, -0.25) is 0 Å². The Labute approximate surface area is 111 Å². The third kappa shape index (κ3) is 2.65. The summed E-state index contributed by atoms with van der Waals surface area (Å²) in [5, 5.41) is 9.04. The molecule has 1 fully saturated rings. The van der Waals surface area contributed by atoms with Gasteiger partial charge in [-0.15, -0.1) is 0 Å². The molecule has 2 rings (SSSR count). The molecule has 1 N–H and O–H groups in total. The van der Waals surface area contributed by atoms with Gasteiger partial charge in [0.25, 0.3) is 0 Å². The Hall–Kier alpha value is -1.38. The van der Waals surface area contributed by atoms with Crippen molar-refractivity contribution < 1.29 is 23.1 Å². The Morgan fingerprint density at radius 1 is 1.42 bits per heavy atom. The fourth-order valence-corrected chi connectivity index (χ4v) is 3.45. The average molecular weight is 288 g/mol. The fraction of sp³-hybridized carbons (Fsp3) is 0.545. The van der Waals surface area contributed by atoms with E-state index in [2.05, 4.69) is 0 Å². The predicted octanol–water partition coefficient (Wildman–Crippen LogP) is 0.227. The van der Waals surface area contributed by atoms with Crippen molar-refractivity contribution in [3.63, 3.8) is 0 Å². The summed E-state index contributed by atoms with van der Waals surface area (Å²) >= 11 is 0. The molecule has 0 aliphatic carbocycles. The van der Waals surface area contributed by atoms with Crippen LogP contribution < -0.4 is 0 Å². The smallest absolute Gasteiger partial charge is 0.352 e. The molecule has 0 saturated carbocycles. The van der Waals surface area contributed by atoms with Gasteiger partial charge in [0.15, 0.2) is 0 Å². The highest BCUT2D eigenvalue weighted by Crippen LogP contribution is 2.20. The number of sulfonamides is 1. The van der Waals surface area contributed by atoms with E-state index < -0.39 is 16.0 Å². The first-order chi connectivity index (χ1) is 8.96. The van der Waals surface area contributed by atoms with Gasteiger partial charge >= 0.3 is 5.97 Å². The van der Waals surface area contributed by atoms with E-state index in [1.165, 1.54) is 21.1 Å². The monoisotopic (exact) mass is 288 g/mol. The van der Waals surface area contributed by atoms with E-state index in [0.717, 1.165) is 0 Å². The van der Waals surface area contributed by atoms with Gasteiger partial charge in [0, 0.05) is 25.8 Å². The van der Waals surface area contributed by atoms with Gasteiger partial charge in [-0.25, -0.2) is 13.2 Å². The summed E-state index contributed by atoms with van der Waals surface area (Å²) in [5.74, 6) is -1.13. The molecule has 1 saturated heterocycles. The number of carboxylic acids is 1. The largest absolute Gasteiger partial charge is 0.477 e. The first-order valence-electron chi connectivity index (χ1n) is 5.98. The van der Waals surface area contributed by atoms with E-state index in [9.17, 15) is 13.2 Å². The van der Waals surface area contributed by atoms with Gasteiger partial charge in [-0.05, 0) is 13.0 Å². The molecule has 8 heteroatoms. The van der Waals surface area contributed by atoms with Crippen molar-refractivity contribution in [1.82, 2.24) is 8.87 Å². The molecule has 1 aromatic rings. The normalized spacial score (nSPS) is 17.5. The Morgan fingerprint density at radius 2 is 2.05 bits per heavy atom. The van der Waals surface area contributed by atoms with Crippen LogP contribution in [0.1, 0.15) is 17.4 Å². The van der Waals surface area contributed by atoms with Crippen molar-refractivity contribution in [3.05, 3.63) is 18.0 Å². The lowest BCUT2D eigenvalue weighted by atomic mass is 10.4. The Balaban J connectivity index is 2.37. The topological polar surface area (TPSA) is 88.8 Å². The quantitative estimate of drug-likeness (QED) is 0.856. The van der Waals surface area contributed by atoms with Crippen molar-refractivity contribution >= 4 is 16.0 Å². The van der Waals surface area contributed by atoms with Crippen LogP contribution in [0.3, 0.4) is 0 Å². The highest BCUT2D eigenvalue weighted by atomic mass is 32.2. The lowest BCUT2D eigenvalue weighted by Gasteiger charge is -2.25. The molecule has 0 aromatic carbocycles. The summed E-state index contributed by atoms with van der Waals surface area (Å²) in [6.07, 6.45) is 1.37. The molecular weight excluding hydrogens is 272 g/mol. The fourth-order valence-electron chi connectivity index (χ4n) is 2.00. The van der Waals surface area contributed by atoms with E-state index in [1.807, 2.05) is 0 Å². The van der Waals surface area contributed by atoms with Crippen molar-refractivity contribution in [2.45, 2.75) is 18.4 Å². The molecule has 106 valence electrons. The molecule has 0 amide bonds. The minimum Gasteiger partial charge on any atom is -0.477 e. The predicted molar refractivity (Wildman–Crippen MR) is 66.6 cm³/mol. The van der Waals surface area contributed by atoms with Gasteiger partial charge in [0.2, 0.25) is 10.0 Å². The van der Waals surface area contributed by atoms with Gasteiger partial charge in [0.1, 0.15) is 10.6 Å². The maximum atomic E-state index is 12.4. The number of hydrogen-bond acceptors (Lipinski definition) is 4. The first-order valence-corrected chi connectivity index (χ1v) is 7.42. The maximum Gasteiger partial charge on any atom is 0.352 e. The summed E-state index contributed by atoms with van der Waals surface area (Å²) in [4.78, 5) is 11.1. The molecule has 1 aliphatic rings. The summed E-state index contributed by atoms with van der Waals surface area (Å²) in [6, 6.07) is 1.20. The van der Waals surface area contributed by atoms with Crippen LogP contribution in [0.5, 0.6) is 0 Å². The number of aromatic carboxylic acids is 1. The zero-order chi connectivity index (χ0) is 14.0. The van der Waals surface area contributed by atoms with Crippen molar-refractivity contribution in [2.24, 2.45) is 0 Å². The molecule has 0 radical (unpaired) electrons. The molecule has 19 heavy (non-hydrogen) atoms. The number of aryl methyl sites for hydroxylation is 1. The van der Waals surface area contributed by atoms with Crippen LogP contribution in [0.2, 0.25) is 0 Å². The van der Waals surface area contributed by atoms with Gasteiger partial charge in [-0.2, -0.15) is 4.31 Å². The van der Waals surface area contributed by atoms with Crippen LogP contribution in [0, 0.1) is 0 Å². The van der Waals surface area contributed by atoms with E-state index in [1.54, 1.807) is 6.92 Å². The molecule has 0 spiro atoms. The molecule has 1 aliphatic heterocycles. The molecule has 2 heterocycles. The zero-order valence-electron chi connectivity index (χ0n) is 10.6. The third-order valence-corrected chi connectivity index (χ3v) is 4.90. The number of nitrogens with zero attached hydrogens (tertiary/aromatic N) is 2.